The van der Waals surface area contributed by atoms with E-state index in [-0.39, 0.29) is 11.3 Å². The van der Waals surface area contributed by atoms with Gasteiger partial charge in [0.1, 0.15) is 11.3 Å². The molecule has 0 radical (unpaired) electrons. The van der Waals surface area contributed by atoms with Crippen LogP contribution in [0.1, 0.15) is 21.5 Å². The number of benzene rings is 2. The summed E-state index contributed by atoms with van der Waals surface area (Å²) in [5.74, 6) is -1.42. The summed E-state index contributed by atoms with van der Waals surface area (Å²) >= 11 is 5.86. The Hall–Kier alpha value is -2.00. The summed E-state index contributed by atoms with van der Waals surface area (Å²) in [4.78, 5) is 11.0. The molecule has 0 bridgehead atoms. The number of hydrogen-bond donors (Lipinski definition) is 2. The molecule has 3 nitrogen and oxygen atoms in total. The second-order valence-electron chi connectivity index (χ2n) is 3.93. The zero-order valence-corrected chi connectivity index (χ0v) is 10.2. The molecule has 0 fully saturated rings. The molecule has 18 heavy (non-hydrogen) atoms. The van der Waals surface area contributed by atoms with Crippen molar-refractivity contribution >= 4 is 17.6 Å². The molecule has 0 saturated carbocycles. The minimum Gasteiger partial charge on any atom is -0.507 e. The van der Waals surface area contributed by atoms with Crippen LogP contribution in [-0.2, 0) is 6.42 Å². The summed E-state index contributed by atoms with van der Waals surface area (Å²) in [5.41, 5.74) is 1.31. The molecule has 0 aliphatic carbocycles. The molecule has 0 aromatic heterocycles. The Morgan fingerprint density at radius 3 is 2.44 bits per heavy atom. The zero-order chi connectivity index (χ0) is 13.1. The van der Waals surface area contributed by atoms with Crippen molar-refractivity contribution in [3.63, 3.8) is 0 Å². The molecule has 2 N–H and O–H groups in total. The van der Waals surface area contributed by atoms with Gasteiger partial charge in [-0.3, -0.25) is 0 Å². The first kappa shape index (κ1) is 12.5. The molecule has 0 aliphatic heterocycles. The lowest BCUT2D eigenvalue weighted by molar-refractivity contribution is 0.0693. The van der Waals surface area contributed by atoms with Gasteiger partial charge in [0.2, 0.25) is 0 Å². The largest absolute Gasteiger partial charge is 0.507 e. The van der Waals surface area contributed by atoms with Crippen LogP contribution in [0, 0.1) is 0 Å². The first-order valence-electron chi connectivity index (χ1n) is 5.36. The van der Waals surface area contributed by atoms with E-state index in [1.54, 1.807) is 6.07 Å². The fourth-order valence-electron chi connectivity index (χ4n) is 1.77. The summed E-state index contributed by atoms with van der Waals surface area (Å²) in [6.07, 6.45) is 0.438. The maximum atomic E-state index is 11.0. The van der Waals surface area contributed by atoms with Gasteiger partial charge in [-0.25, -0.2) is 4.79 Å². The molecular formula is C14H11ClO3. The van der Waals surface area contributed by atoms with Crippen LogP contribution < -0.4 is 0 Å². The van der Waals surface area contributed by atoms with Gasteiger partial charge < -0.3 is 10.2 Å². The summed E-state index contributed by atoms with van der Waals surface area (Å²) in [7, 11) is 0. The lowest BCUT2D eigenvalue weighted by Crippen LogP contribution is -2.00. The highest BCUT2D eigenvalue weighted by atomic mass is 35.5. The van der Waals surface area contributed by atoms with Crippen LogP contribution in [0.3, 0.4) is 0 Å². The molecule has 0 saturated heterocycles. The van der Waals surface area contributed by atoms with E-state index in [1.165, 1.54) is 6.07 Å². The molecule has 4 heteroatoms. The van der Waals surface area contributed by atoms with E-state index in [1.807, 2.05) is 30.3 Å². The predicted octanol–water partition coefficient (Wildman–Crippen LogP) is 3.33. The van der Waals surface area contributed by atoms with Crippen LogP contribution in [0.2, 0.25) is 5.02 Å². The monoisotopic (exact) mass is 262 g/mol. The Balaban J connectivity index is 2.42. The number of carboxylic acid groups (broad SMARTS) is 1. The van der Waals surface area contributed by atoms with Gasteiger partial charge in [0.15, 0.2) is 0 Å². The van der Waals surface area contributed by atoms with Gasteiger partial charge >= 0.3 is 5.97 Å². The molecule has 2 rings (SSSR count). The second kappa shape index (κ2) is 5.10. The number of rotatable bonds is 3. The van der Waals surface area contributed by atoms with Crippen LogP contribution in [-0.4, -0.2) is 16.2 Å². The topological polar surface area (TPSA) is 57.5 Å². The van der Waals surface area contributed by atoms with Gasteiger partial charge in [0.25, 0.3) is 0 Å². The second-order valence-corrected chi connectivity index (χ2v) is 4.37. The summed E-state index contributed by atoms with van der Waals surface area (Å²) < 4.78 is 0. The highest BCUT2D eigenvalue weighted by Crippen LogP contribution is 2.29. The van der Waals surface area contributed by atoms with Crippen LogP contribution in [0.25, 0.3) is 0 Å². The van der Waals surface area contributed by atoms with Gasteiger partial charge in [0.05, 0.1) is 0 Å². The Morgan fingerprint density at radius 2 is 1.83 bits per heavy atom. The first-order chi connectivity index (χ1) is 8.58. The molecule has 92 valence electrons. The van der Waals surface area contributed by atoms with Crippen molar-refractivity contribution in [1.82, 2.24) is 0 Å². The third-order valence-electron chi connectivity index (χ3n) is 2.62. The van der Waals surface area contributed by atoms with E-state index in [0.717, 1.165) is 5.56 Å². The van der Waals surface area contributed by atoms with Crippen molar-refractivity contribution in [2.45, 2.75) is 6.42 Å². The number of phenols is 1. The maximum Gasteiger partial charge on any atom is 0.339 e. The van der Waals surface area contributed by atoms with E-state index in [0.29, 0.717) is 17.0 Å². The number of halogens is 1. The van der Waals surface area contributed by atoms with Crippen molar-refractivity contribution in [3.8, 4) is 5.75 Å². The Morgan fingerprint density at radius 1 is 1.17 bits per heavy atom. The van der Waals surface area contributed by atoms with Crippen molar-refractivity contribution in [1.29, 1.82) is 0 Å². The van der Waals surface area contributed by atoms with Gasteiger partial charge in [-0.1, -0.05) is 41.9 Å². The van der Waals surface area contributed by atoms with Crippen LogP contribution in [0.4, 0.5) is 0 Å². The molecule has 2 aromatic rings. The molecule has 0 aliphatic rings. The van der Waals surface area contributed by atoms with E-state index >= 15 is 0 Å². The average molecular weight is 263 g/mol. The highest BCUT2D eigenvalue weighted by molar-refractivity contribution is 6.31. The molecule has 0 spiro atoms. The number of aromatic hydroxyl groups is 1. The van der Waals surface area contributed by atoms with Crippen molar-refractivity contribution in [2.75, 3.05) is 0 Å². The van der Waals surface area contributed by atoms with Crippen LogP contribution in [0.15, 0.2) is 42.5 Å². The van der Waals surface area contributed by atoms with Gasteiger partial charge in [-0.2, -0.15) is 0 Å². The van der Waals surface area contributed by atoms with Crippen LogP contribution in [0.5, 0.6) is 5.75 Å². The molecule has 0 unspecified atom stereocenters. The minimum absolute atomic E-state index is 0.173. The molecule has 0 atom stereocenters. The number of carboxylic acids is 1. The average Bonchev–Trinajstić information content (AvgIpc) is 2.34. The van der Waals surface area contributed by atoms with E-state index in [9.17, 15) is 9.90 Å². The Kier molecular flexibility index (Phi) is 3.53. The number of hydrogen-bond acceptors (Lipinski definition) is 2. The van der Waals surface area contributed by atoms with Crippen LogP contribution >= 0.6 is 11.6 Å². The lowest BCUT2D eigenvalue weighted by atomic mass is 10.0. The fraction of sp³-hybridized carbons (Fsp3) is 0.0714. The standard InChI is InChI=1S/C14H11ClO3/c15-11-7-10(6-9-4-2-1-3-5-9)13(16)12(8-11)14(17)18/h1-5,7-8,16H,6H2,(H,17,18). The lowest BCUT2D eigenvalue weighted by Gasteiger charge is -2.08. The normalized spacial score (nSPS) is 10.3. The predicted molar refractivity (Wildman–Crippen MR) is 69.3 cm³/mol. The van der Waals surface area contributed by atoms with Gasteiger partial charge in [-0.15, -0.1) is 0 Å². The Labute approximate surface area is 109 Å². The summed E-state index contributed by atoms with van der Waals surface area (Å²) in [5, 5.41) is 19.2. The van der Waals surface area contributed by atoms with E-state index in [2.05, 4.69) is 0 Å². The number of aromatic carboxylic acids is 1. The van der Waals surface area contributed by atoms with Crippen molar-refractivity contribution in [3.05, 3.63) is 64.2 Å². The quantitative estimate of drug-likeness (QED) is 0.892. The summed E-state index contributed by atoms with van der Waals surface area (Å²) in [6, 6.07) is 12.3. The third-order valence-corrected chi connectivity index (χ3v) is 2.84. The SMILES string of the molecule is O=C(O)c1cc(Cl)cc(Cc2ccccc2)c1O. The molecular weight excluding hydrogens is 252 g/mol. The van der Waals surface area contributed by atoms with Gasteiger partial charge in [-0.05, 0) is 17.7 Å². The third kappa shape index (κ3) is 2.63. The first-order valence-corrected chi connectivity index (χ1v) is 5.74. The fourth-order valence-corrected chi connectivity index (χ4v) is 2.01. The number of carbonyl (C=O) groups is 1. The minimum atomic E-state index is -1.19. The highest BCUT2D eigenvalue weighted by Gasteiger charge is 2.15. The Bertz CT molecular complexity index is 579. The van der Waals surface area contributed by atoms with E-state index in [4.69, 9.17) is 16.7 Å². The van der Waals surface area contributed by atoms with Gasteiger partial charge in [0, 0.05) is 17.0 Å². The zero-order valence-electron chi connectivity index (χ0n) is 9.43. The molecule has 2 aromatic carbocycles. The van der Waals surface area contributed by atoms with Crippen molar-refractivity contribution in [2.24, 2.45) is 0 Å². The smallest absolute Gasteiger partial charge is 0.339 e. The molecule has 0 amide bonds. The maximum absolute atomic E-state index is 11.0. The summed E-state index contributed by atoms with van der Waals surface area (Å²) in [6.45, 7) is 0. The molecule has 0 heterocycles. The van der Waals surface area contributed by atoms with E-state index < -0.39 is 5.97 Å². The van der Waals surface area contributed by atoms with Crippen molar-refractivity contribution < 1.29 is 15.0 Å².